The zero-order valence-corrected chi connectivity index (χ0v) is 45.8. The van der Waals surface area contributed by atoms with Crippen LogP contribution in [0.1, 0.15) is 65.7 Å². The quantitative estimate of drug-likeness (QED) is 0.0178. The van der Waals surface area contributed by atoms with Crippen molar-refractivity contribution in [2.24, 2.45) is 11.0 Å². The molecular formula is C43H60Br2N6O15Si2. The Morgan fingerprint density at radius 3 is 2.16 bits per heavy atom. The van der Waals surface area contributed by atoms with Crippen molar-refractivity contribution in [3.63, 3.8) is 0 Å². The summed E-state index contributed by atoms with van der Waals surface area (Å²) in [7, 11) is -2.45. The number of nitro benzene ring substituents is 1. The smallest absolute Gasteiger partial charge is 0.485 e. The molecule has 1 saturated heterocycles. The topological polar surface area (TPSA) is 251 Å². The fraction of sp³-hybridized carbons (Fsp3) is 0.581. The minimum atomic E-state index is -2.55. The van der Waals surface area contributed by atoms with Crippen molar-refractivity contribution in [1.29, 1.82) is 0 Å². The van der Waals surface area contributed by atoms with Gasteiger partial charge in [0, 0.05) is 30.9 Å². The number of hydrogen-bond acceptors (Lipinski definition) is 16. The summed E-state index contributed by atoms with van der Waals surface area (Å²) in [5, 5.41) is 15.7. The molecule has 374 valence electrons. The third-order valence-electron chi connectivity index (χ3n) is 12.3. The van der Waals surface area contributed by atoms with Gasteiger partial charge in [-0.2, -0.15) is 0 Å². The van der Waals surface area contributed by atoms with Crippen LogP contribution in [0.3, 0.4) is 0 Å². The summed E-state index contributed by atoms with van der Waals surface area (Å²) in [5.74, 6) is -1.69. The normalized spacial score (nSPS) is 18.8. The van der Waals surface area contributed by atoms with Gasteiger partial charge in [0.15, 0.2) is 41.0 Å². The van der Waals surface area contributed by atoms with Crippen molar-refractivity contribution in [2.75, 3.05) is 34.0 Å². The molecule has 1 aliphatic rings. The molecule has 1 fully saturated rings. The lowest BCUT2D eigenvalue weighted by Gasteiger charge is -2.51. The van der Waals surface area contributed by atoms with Crippen LogP contribution in [0.5, 0.6) is 17.2 Å². The number of nitrogens with zero attached hydrogens (tertiary/aromatic N) is 6. The number of ether oxygens (including phenoxy) is 7. The van der Waals surface area contributed by atoms with Crippen molar-refractivity contribution in [3.05, 3.63) is 65.5 Å². The molecule has 2 heterocycles. The van der Waals surface area contributed by atoms with Gasteiger partial charge in [-0.15, -0.1) is 0 Å². The zero-order chi connectivity index (χ0) is 51.3. The molecule has 0 spiro atoms. The molecular weight excluding hydrogens is 1060 g/mol. The van der Waals surface area contributed by atoms with Crippen LogP contribution < -0.4 is 14.2 Å². The van der Waals surface area contributed by atoms with Crippen molar-refractivity contribution in [1.82, 2.24) is 9.47 Å². The fourth-order valence-electron chi connectivity index (χ4n) is 6.36. The van der Waals surface area contributed by atoms with Crippen LogP contribution in [0.4, 0.5) is 15.3 Å². The molecule has 68 heavy (non-hydrogen) atoms. The number of methoxy groups -OCH3 is 1. The fourth-order valence-corrected chi connectivity index (χ4v) is 10.6. The minimum absolute atomic E-state index is 0.0576. The van der Waals surface area contributed by atoms with Crippen LogP contribution in [0.25, 0.3) is 21.3 Å². The molecule has 1 aliphatic heterocycles. The van der Waals surface area contributed by atoms with Gasteiger partial charge >= 0.3 is 23.9 Å². The molecule has 1 aromatic heterocycles. The van der Waals surface area contributed by atoms with Gasteiger partial charge in [0.05, 0.1) is 50.7 Å². The average molecular weight is 1120 g/mol. The van der Waals surface area contributed by atoms with Crippen LogP contribution in [-0.2, 0) is 39.2 Å². The van der Waals surface area contributed by atoms with E-state index in [-0.39, 0.29) is 75.1 Å². The Bertz CT molecular complexity index is 2430. The van der Waals surface area contributed by atoms with Crippen LogP contribution in [0.2, 0.25) is 36.3 Å². The van der Waals surface area contributed by atoms with E-state index >= 15 is 0 Å². The second-order valence-electron chi connectivity index (χ2n) is 19.1. The number of aromatic nitrogens is 1. The van der Waals surface area contributed by atoms with Crippen LogP contribution in [0.15, 0.2) is 44.5 Å². The summed E-state index contributed by atoms with van der Waals surface area (Å²) in [4.78, 5) is 67.3. The predicted molar refractivity (Wildman–Crippen MR) is 261 cm³/mol. The highest BCUT2D eigenvalue weighted by atomic mass is 79.9. The Kier molecular flexibility index (Phi) is 18.3. The number of halogens is 2. The summed E-state index contributed by atoms with van der Waals surface area (Å²) in [6, 6.07) is 5.61. The summed E-state index contributed by atoms with van der Waals surface area (Å²) in [6.07, 6.45) is -4.78. The Morgan fingerprint density at radius 2 is 1.60 bits per heavy atom. The van der Waals surface area contributed by atoms with Crippen molar-refractivity contribution in [2.45, 2.75) is 123 Å². The molecule has 3 aromatic rings. The van der Waals surface area contributed by atoms with Gasteiger partial charge in [0.2, 0.25) is 12.2 Å². The molecule has 0 bridgehead atoms. The van der Waals surface area contributed by atoms with E-state index in [9.17, 15) is 29.3 Å². The van der Waals surface area contributed by atoms with Crippen LogP contribution in [-0.4, -0.2) is 114 Å². The zero-order valence-electron chi connectivity index (χ0n) is 40.7. The first-order chi connectivity index (χ1) is 31.5. The number of amides is 1. The number of azide groups is 1. The number of hydrogen-bond donors (Lipinski definition) is 0. The number of likely N-dealkylation sites (N-methyl/N-ethyl adjacent to an activating group) is 1. The molecule has 1 amide bonds. The Labute approximate surface area is 413 Å². The van der Waals surface area contributed by atoms with Crippen molar-refractivity contribution < 1.29 is 66.1 Å². The highest BCUT2D eigenvalue weighted by Gasteiger charge is 2.55. The predicted octanol–water partition coefficient (Wildman–Crippen LogP) is 10.9. The van der Waals surface area contributed by atoms with Crippen molar-refractivity contribution >= 4 is 89.2 Å². The molecule has 4 rings (SSSR count). The number of carbonyl (C=O) groups is 4. The average Bonchev–Trinajstić information content (AvgIpc) is 3.59. The first-order valence-electron chi connectivity index (χ1n) is 21.4. The first kappa shape index (κ1) is 55.8. The van der Waals surface area contributed by atoms with Crippen molar-refractivity contribution in [3.8, 4) is 17.2 Å². The number of nitro groups is 1. The van der Waals surface area contributed by atoms with Gasteiger partial charge in [-0.25, -0.2) is 14.4 Å². The third-order valence-corrected chi connectivity index (χ3v) is 22.6. The third kappa shape index (κ3) is 13.1. The van der Waals surface area contributed by atoms with Gasteiger partial charge in [-0.3, -0.25) is 19.5 Å². The lowest BCUT2D eigenvalue weighted by Crippen LogP contribution is -2.65. The van der Waals surface area contributed by atoms with Crippen LogP contribution >= 0.6 is 31.9 Å². The molecule has 0 radical (unpaired) electrons. The van der Waals surface area contributed by atoms with Gasteiger partial charge in [0.1, 0.15) is 25.1 Å². The van der Waals surface area contributed by atoms with Gasteiger partial charge in [-0.05, 0) is 91.4 Å². The maximum atomic E-state index is 13.5. The van der Waals surface area contributed by atoms with Gasteiger partial charge in [0.25, 0.3) is 0 Å². The summed E-state index contributed by atoms with van der Waals surface area (Å²) >= 11 is 6.78. The van der Waals surface area contributed by atoms with Crippen LogP contribution in [0, 0.1) is 16.0 Å². The molecule has 2 aromatic carbocycles. The lowest BCUT2D eigenvalue weighted by atomic mass is 9.92. The number of benzene rings is 2. The Hall–Kier alpha value is -4.76. The molecule has 25 heteroatoms. The molecule has 0 N–H and O–H groups in total. The summed E-state index contributed by atoms with van der Waals surface area (Å²) in [5.41, 5.74) is 8.79. The van der Waals surface area contributed by atoms with E-state index in [0.717, 1.165) is 4.90 Å². The highest BCUT2D eigenvalue weighted by molar-refractivity contribution is 9.11. The second-order valence-corrected chi connectivity index (χ2v) is 30.3. The van der Waals surface area contributed by atoms with E-state index < -0.39 is 76.0 Å². The number of carbonyl (C=O) groups excluding carboxylic acids is 4. The van der Waals surface area contributed by atoms with E-state index in [2.05, 4.69) is 110 Å². The van der Waals surface area contributed by atoms with E-state index in [0.29, 0.717) is 9.99 Å². The Balaban J connectivity index is 1.45. The van der Waals surface area contributed by atoms with E-state index in [4.69, 9.17) is 47.5 Å². The largest absolute Gasteiger partial charge is 0.513 e. The van der Waals surface area contributed by atoms with Gasteiger partial charge in [-0.1, -0.05) is 59.6 Å². The van der Waals surface area contributed by atoms with E-state index in [1.54, 1.807) is 6.07 Å². The van der Waals surface area contributed by atoms with Gasteiger partial charge < -0.3 is 46.9 Å². The SMILES string of the molecule is COC(=O)[C@H]1O[C@@H](Oc2ccc(COC(=O)N(C)CCOC(=O)Oc3cn(C(C)=O)c4cc(Br)c(OCN=[N+]=[N-])c(Br)c34)cc2[N+](=O)[O-])[C@H](C)[C@@H](O[Si](C)(C)C(C)(C)C)[C@@H]1O[Si](C)(C)C(C)(C)C. The molecule has 21 nitrogen and oxygen atoms in total. The monoisotopic (exact) mass is 1110 g/mol. The summed E-state index contributed by atoms with van der Waals surface area (Å²) in [6.45, 7) is 22.8. The number of rotatable bonds is 17. The molecule has 0 saturated carbocycles. The minimum Gasteiger partial charge on any atom is -0.485 e. The standard InChI is InChI=1S/C43H60Br2N6O15Si2/c1-24-34(65-67(11,12)42(3,4)5)36(66-68(13,14)43(6,7)8)37(38(53)58-10)64-39(24)62-30-16-15-26(19-28(30)51(56)57)22-60-40(54)49(9)17-18-59-41(55)63-31-21-50(25(2)52)29-20-27(44)35(33(45)32(29)31)61-23-47-48-46/h15-16,19-21,24,34,36-37,39H,17-18,22-23H2,1-14H3/t24-,34-,36+,37+,39-/m1/s1. The number of fused-ring (bicyclic) bond motifs is 1. The second kappa shape index (κ2) is 22.3. The van der Waals surface area contributed by atoms with E-state index in [1.165, 1.54) is 50.0 Å². The molecule has 0 unspecified atom stereocenters. The molecule has 0 aliphatic carbocycles. The highest BCUT2D eigenvalue weighted by Crippen LogP contribution is 2.47. The Morgan fingerprint density at radius 1 is 0.985 bits per heavy atom. The number of esters is 1. The molecule has 5 atom stereocenters. The maximum absolute atomic E-state index is 13.5. The summed E-state index contributed by atoms with van der Waals surface area (Å²) < 4.78 is 55.2. The first-order valence-corrected chi connectivity index (χ1v) is 28.8. The maximum Gasteiger partial charge on any atom is 0.513 e. The van der Waals surface area contributed by atoms with E-state index in [1.807, 2.05) is 6.92 Å². The lowest BCUT2D eigenvalue weighted by molar-refractivity contribution is -0.386.